The molecule has 0 amide bonds. The van der Waals surface area contributed by atoms with E-state index < -0.39 is 23.6 Å². The number of benzene rings is 1. The second-order valence-electron chi connectivity index (χ2n) is 6.59. The number of hydrogen-bond acceptors (Lipinski definition) is 5. The topological polar surface area (TPSA) is 73.1 Å². The van der Waals surface area contributed by atoms with Crippen LogP contribution in [0.25, 0.3) is 0 Å². The average Bonchev–Trinajstić information content (AvgIpc) is 3.01. The highest BCUT2D eigenvalue weighted by Gasteiger charge is 2.47. The zero-order chi connectivity index (χ0) is 20.8. The summed E-state index contributed by atoms with van der Waals surface area (Å²) in [5.41, 5.74) is 6.46. The van der Waals surface area contributed by atoms with Crippen molar-refractivity contribution in [1.29, 1.82) is 0 Å². The Morgan fingerprint density at radius 3 is 2.55 bits per heavy atom. The molecule has 3 heterocycles. The second kappa shape index (κ2) is 7.08. The Balaban J connectivity index is 2.02. The number of pyridine rings is 2. The largest absolute Gasteiger partial charge is 0.496 e. The van der Waals surface area contributed by atoms with Crippen LogP contribution in [0.15, 0.2) is 59.3 Å². The molecule has 0 aliphatic carbocycles. The molecule has 0 spiro atoms. The van der Waals surface area contributed by atoms with E-state index >= 15 is 0 Å². The van der Waals surface area contributed by atoms with Crippen LogP contribution in [0.1, 0.15) is 34.2 Å². The summed E-state index contributed by atoms with van der Waals surface area (Å²) in [6, 6.07) is 11.5. The third kappa shape index (κ3) is 3.19. The van der Waals surface area contributed by atoms with Crippen LogP contribution in [0.3, 0.4) is 0 Å². The number of methoxy groups -OCH3 is 1. The highest BCUT2D eigenvalue weighted by Crippen LogP contribution is 2.46. The lowest BCUT2D eigenvalue weighted by Gasteiger charge is -2.33. The van der Waals surface area contributed by atoms with Gasteiger partial charge in [-0.2, -0.15) is 13.2 Å². The highest BCUT2D eigenvalue weighted by molar-refractivity contribution is 9.10. The van der Waals surface area contributed by atoms with Crippen LogP contribution >= 0.6 is 15.9 Å². The van der Waals surface area contributed by atoms with E-state index in [0.29, 0.717) is 32.6 Å². The quantitative estimate of drug-likeness (QED) is 0.609. The Hall–Kier alpha value is -2.49. The number of nitrogens with zero attached hydrogens (tertiary/aromatic N) is 2. The Morgan fingerprint density at radius 2 is 1.86 bits per heavy atom. The molecular weight excluding hydrogens is 449 g/mol. The van der Waals surface area contributed by atoms with Crippen molar-refractivity contribution in [3.05, 3.63) is 87.4 Å². The fourth-order valence-electron chi connectivity index (χ4n) is 3.72. The molecule has 0 radical (unpaired) electrons. The van der Waals surface area contributed by atoms with Crippen molar-refractivity contribution in [2.75, 3.05) is 7.11 Å². The van der Waals surface area contributed by atoms with E-state index in [1.807, 2.05) is 6.07 Å². The lowest BCUT2D eigenvalue weighted by Crippen LogP contribution is -2.42. The van der Waals surface area contributed by atoms with Gasteiger partial charge in [-0.1, -0.05) is 12.1 Å². The lowest BCUT2D eigenvalue weighted by molar-refractivity contribution is -0.141. The third-order valence-electron chi connectivity index (χ3n) is 4.98. The monoisotopic (exact) mass is 464 g/mol. The van der Waals surface area contributed by atoms with Gasteiger partial charge < -0.3 is 10.5 Å². The molecule has 3 N–H and O–H groups in total. The zero-order valence-electron chi connectivity index (χ0n) is 15.2. The van der Waals surface area contributed by atoms with Gasteiger partial charge in [0.15, 0.2) is 0 Å². The number of rotatable bonds is 3. The number of hydrogen-bond donors (Lipinski definition) is 2. The molecule has 2 unspecified atom stereocenters. The molecule has 5 nitrogen and oxygen atoms in total. The van der Waals surface area contributed by atoms with E-state index in [4.69, 9.17) is 10.5 Å². The van der Waals surface area contributed by atoms with Crippen LogP contribution in [-0.2, 0) is 11.7 Å². The standard InChI is InChI=1S/C20H16BrF3N4O/c1-29-15-5-4-11(9-14(15)21)19(12-6-8-26-16(10-12)20(22,23)24)13-3-2-7-27-17(13)18(25)28-19/h2-10,18,28H,25H2,1H3. The minimum atomic E-state index is -4.57. The Morgan fingerprint density at radius 1 is 1.10 bits per heavy atom. The molecule has 1 aliphatic heterocycles. The predicted octanol–water partition coefficient (Wildman–Crippen LogP) is 4.12. The maximum absolute atomic E-state index is 13.4. The Kier molecular flexibility index (Phi) is 4.84. The highest BCUT2D eigenvalue weighted by atomic mass is 79.9. The minimum Gasteiger partial charge on any atom is -0.496 e. The second-order valence-corrected chi connectivity index (χ2v) is 7.44. The molecule has 150 valence electrons. The number of aromatic nitrogens is 2. The molecule has 0 bridgehead atoms. The first-order chi connectivity index (χ1) is 13.8. The average molecular weight is 465 g/mol. The van der Waals surface area contributed by atoms with E-state index in [1.165, 1.54) is 7.11 Å². The van der Waals surface area contributed by atoms with E-state index in [-0.39, 0.29) is 0 Å². The van der Waals surface area contributed by atoms with Gasteiger partial charge in [-0.15, -0.1) is 0 Å². The van der Waals surface area contributed by atoms with E-state index in [1.54, 1.807) is 36.5 Å². The Bertz CT molecular complexity index is 1080. The van der Waals surface area contributed by atoms with Crippen molar-refractivity contribution in [1.82, 2.24) is 15.3 Å². The fraction of sp³-hybridized carbons (Fsp3) is 0.200. The van der Waals surface area contributed by atoms with Crippen molar-refractivity contribution in [2.24, 2.45) is 5.73 Å². The summed E-state index contributed by atoms with van der Waals surface area (Å²) in [6.07, 6.45) is -2.47. The van der Waals surface area contributed by atoms with Gasteiger partial charge in [-0.3, -0.25) is 15.3 Å². The van der Waals surface area contributed by atoms with E-state index in [9.17, 15) is 13.2 Å². The van der Waals surface area contributed by atoms with Crippen LogP contribution < -0.4 is 15.8 Å². The first kappa shape index (κ1) is 19.8. The van der Waals surface area contributed by atoms with Crippen LogP contribution in [0.5, 0.6) is 5.75 Å². The van der Waals surface area contributed by atoms with E-state index in [0.717, 1.165) is 12.3 Å². The first-order valence-corrected chi connectivity index (χ1v) is 9.43. The summed E-state index contributed by atoms with van der Waals surface area (Å²) in [5, 5.41) is 3.27. The van der Waals surface area contributed by atoms with Gasteiger partial charge in [-0.05, 0) is 57.4 Å². The smallest absolute Gasteiger partial charge is 0.433 e. The van der Waals surface area contributed by atoms with Crippen molar-refractivity contribution >= 4 is 15.9 Å². The molecular formula is C20H16BrF3N4O. The SMILES string of the molecule is COc1ccc(C2(c3ccnc(C(F)(F)F)c3)NC(N)c3ncccc32)cc1Br. The summed E-state index contributed by atoms with van der Waals surface area (Å²) in [7, 11) is 1.54. The summed E-state index contributed by atoms with van der Waals surface area (Å²) < 4.78 is 46.1. The van der Waals surface area contributed by atoms with Crippen molar-refractivity contribution in [2.45, 2.75) is 17.9 Å². The number of fused-ring (bicyclic) bond motifs is 1. The zero-order valence-corrected chi connectivity index (χ0v) is 16.8. The van der Waals surface area contributed by atoms with Gasteiger partial charge in [0, 0.05) is 18.0 Å². The molecule has 2 aromatic heterocycles. The molecule has 0 fully saturated rings. The van der Waals surface area contributed by atoms with E-state index in [2.05, 4.69) is 31.2 Å². The van der Waals surface area contributed by atoms with Gasteiger partial charge in [0.2, 0.25) is 0 Å². The number of nitrogens with two attached hydrogens (primary N) is 1. The van der Waals surface area contributed by atoms with Crippen LogP contribution in [0, 0.1) is 0 Å². The van der Waals surface area contributed by atoms with Gasteiger partial charge in [0.25, 0.3) is 0 Å². The first-order valence-electron chi connectivity index (χ1n) is 8.64. The van der Waals surface area contributed by atoms with Gasteiger partial charge >= 0.3 is 6.18 Å². The summed E-state index contributed by atoms with van der Waals surface area (Å²) in [4.78, 5) is 7.85. The van der Waals surface area contributed by atoms with Crippen LogP contribution in [0.4, 0.5) is 13.2 Å². The Labute approximate surface area is 173 Å². The molecule has 0 saturated heterocycles. The summed E-state index contributed by atoms with van der Waals surface area (Å²) in [5.74, 6) is 0.600. The molecule has 9 heteroatoms. The molecule has 1 aromatic carbocycles. The summed E-state index contributed by atoms with van der Waals surface area (Å²) >= 11 is 3.46. The van der Waals surface area contributed by atoms with Gasteiger partial charge in [0.1, 0.15) is 17.6 Å². The minimum absolute atomic E-state index is 0.360. The number of halogens is 4. The molecule has 1 aliphatic rings. The molecule has 0 saturated carbocycles. The van der Waals surface area contributed by atoms with Crippen molar-refractivity contribution in [3.8, 4) is 5.75 Å². The fourth-order valence-corrected chi connectivity index (χ4v) is 4.27. The van der Waals surface area contributed by atoms with Gasteiger partial charge in [0.05, 0.1) is 22.8 Å². The van der Waals surface area contributed by atoms with Crippen LogP contribution in [0.2, 0.25) is 0 Å². The molecule has 2 atom stereocenters. The normalized spacial score (nSPS) is 21.1. The summed E-state index contributed by atoms with van der Waals surface area (Å²) in [6.45, 7) is 0. The number of nitrogens with one attached hydrogen (secondary N) is 1. The third-order valence-corrected chi connectivity index (χ3v) is 5.60. The van der Waals surface area contributed by atoms with Gasteiger partial charge in [-0.25, -0.2) is 0 Å². The van der Waals surface area contributed by atoms with Crippen LogP contribution in [-0.4, -0.2) is 17.1 Å². The van der Waals surface area contributed by atoms with Crippen molar-refractivity contribution < 1.29 is 17.9 Å². The van der Waals surface area contributed by atoms with Crippen molar-refractivity contribution in [3.63, 3.8) is 0 Å². The number of alkyl halides is 3. The lowest BCUT2D eigenvalue weighted by atomic mass is 9.78. The number of ether oxygens (including phenoxy) is 1. The predicted molar refractivity (Wildman–Crippen MR) is 104 cm³/mol. The maximum Gasteiger partial charge on any atom is 0.433 e. The maximum atomic E-state index is 13.4. The molecule has 4 rings (SSSR count). The molecule has 29 heavy (non-hydrogen) atoms. The molecule has 3 aromatic rings.